The number of carbonyl (C=O) groups excluding carboxylic acids is 1. The van der Waals surface area contributed by atoms with E-state index in [1.54, 1.807) is 6.92 Å². The van der Waals surface area contributed by atoms with E-state index < -0.39 is 20.5 Å². The van der Waals surface area contributed by atoms with Crippen molar-refractivity contribution in [1.82, 2.24) is 0 Å². The van der Waals surface area contributed by atoms with Gasteiger partial charge in [-0.2, -0.15) is 0 Å². The van der Waals surface area contributed by atoms with Gasteiger partial charge in [-0.3, -0.25) is 0 Å². The number of aliphatic hydroxyl groups excluding tert-OH is 1. The second-order valence-corrected chi connectivity index (χ2v) is 13.6. The standard InChI is InChI=1S/C27H34O4Si/c1-6-30-26(29)19-21-17-24(28)20(2)25(18-21)31-32(27(3,4)5,22-13-9-7-10-14-22)23-15-11-8-12-16-23/h7-16,19,24-25,28H,2,6,17-18H2,1,3-5H3/b21-19+/t24-,25+/m1/s1. The lowest BCUT2D eigenvalue weighted by Gasteiger charge is -2.47. The molecule has 2 aromatic rings. The largest absolute Gasteiger partial charge is 0.463 e. The minimum Gasteiger partial charge on any atom is -0.463 e. The fourth-order valence-corrected chi connectivity index (χ4v) is 9.21. The molecule has 3 rings (SSSR count). The van der Waals surface area contributed by atoms with E-state index in [1.165, 1.54) is 16.4 Å². The van der Waals surface area contributed by atoms with Gasteiger partial charge in [-0.1, -0.05) is 93.6 Å². The van der Waals surface area contributed by atoms with Gasteiger partial charge < -0.3 is 14.3 Å². The third-order valence-electron chi connectivity index (χ3n) is 6.09. The molecule has 1 aliphatic carbocycles. The first-order valence-electron chi connectivity index (χ1n) is 11.2. The normalized spacial score (nSPS) is 20.9. The Morgan fingerprint density at radius 1 is 1.06 bits per heavy atom. The van der Waals surface area contributed by atoms with Gasteiger partial charge in [0.05, 0.1) is 18.8 Å². The molecular formula is C27H34O4Si. The second-order valence-electron chi connectivity index (χ2n) is 9.32. The lowest BCUT2D eigenvalue weighted by Crippen LogP contribution is -2.68. The van der Waals surface area contributed by atoms with E-state index >= 15 is 0 Å². The fraction of sp³-hybridized carbons (Fsp3) is 0.370. The van der Waals surface area contributed by atoms with Crippen molar-refractivity contribution in [3.8, 4) is 0 Å². The maximum Gasteiger partial charge on any atom is 0.330 e. The molecule has 2 aromatic carbocycles. The van der Waals surface area contributed by atoms with Gasteiger partial charge >= 0.3 is 5.97 Å². The van der Waals surface area contributed by atoms with E-state index in [0.29, 0.717) is 25.0 Å². The summed E-state index contributed by atoms with van der Waals surface area (Å²) < 4.78 is 12.2. The van der Waals surface area contributed by atoms with Crippen LogP contribution in [0.3, 0.4) is 0 Å². The molecule has 0 amide bonds. The Morgan fingerprint density at radius 3 is 2.06 bits per heavy atom. The molecule has 5 heteroatoms. The molecule has 4 nitrogen and oxygen atoms in total. The summed E-state index contributed by atoms with van der Waals surface area (Å²) in [7, 11) is -2.81. The second kappa shape index (κ2) is 9.99. The van der Waals surface area contributed by atoms with Crippen LogP contribution in [0, 0.1) is 0 Å². The van der Waals surface area contributed by atoms with Crippen LogP contribution in [0.25, 0.3) is 0 Å². The van der Waals surface area contributed by atoms with Gasteiger partial charge in [0.25, 0.3) is 8.32 Å². The van der Waals surface area contributed by atoms with Crippen LogP contribution in [0.4, 0.5) is 0 Å². The summed E-state index contributed by atoms with van der Waals surface area (Å²) in [6.07, 6.45) is 1.23. The Morgan fingerprint density at radius 2 is 1.59 bits per heavy atom. The topological polar surface area (TPSA) is 55.8 Å². The molecule has 32 heavy (non-hydrogen) atoms. The van der Waals surface area contributed by atoms with Crippen LogP contribution >= 0.6 is 0 Å². The molecule has 1 N–H and O–H groups in total. The smallest absolute Gasteiger partial charge is 0.330 e. The molecule has 0 aliphatic heterocycles. The van der Waals surface area contributed by atoms with E-state index in [2.05, 4.69) is 51.6 Å². The van der Waals surface area contributed by atoms with Gasteiger partial charge in [0.2, 0.25) is 0 Å². The molecule has 0 aromatic heterocycles. The molecule has 0 saturated heterocycles. The zero-order chi connectivity index (χ0) is 23.4. The highest BCUT2D eigenvalue weighted by Gasteiger charge is 2.52. The molecule has 1 fully saturated rings. The van der Waals surface area contributed by atoms with Gasteiger partial charge in [-0.05, 0) is 40.8 Å². The molecule has 0 spiro atoms. The predicted octanol–water partition coefficient (Wildman–Crippen LogP) is 4.13. The molecule has 0 unspecified atom stereocenters. The van der Waals surface area contributed by atoms with E-state index in [4.69, 9.17) is 9.16 Å². The molecule has 1 aliphatic rings. The fourth-order valence-electron chi connectivity index (χ4n) is 4.54. The van der Waals surface area contributed by atoms with Crippen molar-refractivity contribution in [2.75, 3.05) is 6.61 Å². The first-order chi connectivity index (χ1) is 15.2. The van der Waals surface area contributed by atoms with Crippen LogP contribution in [-0.2, 0) is 14.0 Å². The van der Waals surface area contributed by atoms with Crippen molar-refractivity contribution in [1.29, 1.82) is 0 Å². The molecule has 0 radical (unpaired) electrons. The van der Waals surface area contributed by atoms with Crippen LogP contribution in [-0.4, -0.2) is 38.2 Å². The zero-order valence-corrected chi connectivity index (χ0v) is 20.5. The van der Waals surface area contributed by atoms with Crippen LogP contribution in [0.2, 0.25) is 5.04 Å². The lowest BCUT2D eigenvalue weighted by molar-refractivity contribution is -0.137. The van der Waals surface area contributed by atoms with Crippen molar-refractivity contribution in [2.45, 2.75) is 57.8 Å². The van der Waals surface area contributed by atoms with Gasteiger partial charge in [0.1, 0.15) is 0 Å². The maximum atomic E-state index is 12.1. The van der Waals surface area contributed by atoms with Crippen molar-refractivity contribution in [2.24, 2.45) is 0 Å². The third-order valence-corrected chi connectivity index (χ3v) is 11.1. The van der Waals surface area contributed by atoms with Crippen molar-refractivity contribution in [3.63, 3.8) is 0 Å². The Hall–Kier alpha value is -2.47. The highest BCUT2D eigenvalue weighted by molar-refractivity contribution is 6.99. The van der Waals surface area contributed by atoms with Crippen LogP contribution in [0.15, 0.2) is 84.5 Å². The quantitative estimate of drug-likeness (QED) is 0.311. The molecule has 170 valence electrons. The number of benzene rings is 2. The number of carbonyl (C=O) groups is 1. The Labute approximate surface area is 192 Å². The number of ether oxygens (including phenoxy) is 1. The molecular weight excluding hydrogens is 416 g/mol. The minimum absolute atomic E-state index is 0.191. The summed E-state index contributed by atoms with van der Waals surface area (Å²) in [6, 6.07) is 20.8. The summed E-state index contributed by atoms with van der Waals surface area (Å²) in [4.78, 5) is 12.1. The van der Waals surface area contributed by atoms with E-state index in [9.17, 15) is 9.90 Å². The highest BCUT2D eigenvalue weighted by Crippen LogP contribution is 2.40. The Bertz CT molecular complexity index is 921. The van der Waals surface area contributed by atoms with E-state index in [0.717, 1.165) is 5.57 Å². The first kappa shape index (κ1) is 24.2. The van der Waals surface area contributed by atoms with Crippen molar-refractivity contribution < 1.29 is 19.1 Å². The molecule has 1 saturated carbocycles. The average molecular weight is 451 g/mol. The van der Waals surface area contributed by atoms with Crippen LogP contribution in [0.1, 0.15) is 40.5 Å². The summed E-state index contributed by atoms with van der Waals surface area (Å²) in [5.41, 5.74) is 1.49. The van der Waals surface area contributed by atoms with Crippen LogP contribution in [0.5, 0.6) is 0 Å². The van der Waals surface area contributed by atoms with Crippen LogP contribution < -0.4 is 10.4 Å². The van der Waals surface area contributed by atoms with Gasteiger partial charge in [0, 0.05) is 6.08 Å². The summed E-state index contributed by atoms with van der Waals surface area (Å²) >= 11 is 0. The number of aliphatic hydroxyl groups is 1. The predicted molar refractivity (Wildman–Crippen MR) is 132 cm³/mol. The highest BCUT2D eigenvalue weighted by atomic mass is 28.4. The lowest BCUT2D eigenvalue weighted by atomic mass is 9.86. The Kier molecular flexibility index (Phi) is 7.54. The van der Waals surface area contributed by atoms with Gasteiger partial charge in [-0.25, -0.2) is 4.79 Å². The molecule has 2 atom stereocenters. The average Bonchev–Trinajstić information content (AvgIpc) is 2.75. The van der Waals surface area contributed by atoms with Crippen molar-refractivity contribution in [3.05, 3.63) is 84.5 Å². The molecule has 0 heterocycles. The van der Waals surface area contributed by atoms with E-state index in [-0.39, 0.29) is 11.0 Å². The number of hydrogen-bond acceptors (Lipinski definition) is 4. The maximum absolute atomic E-state index is 12.1. The minimum atomic E-state index is -2.81. The van der Waals surface area contributed by atoms with Gasteiger partial charge in [0.15, 0.2) is 0 Å². The zero-order valence-electron chi connectivity index (χ0n) is 19.5. The monoisotopic (exact) mass is 450 g/mol. The van der Waals surface area contributed by atoms with E-state index in [1.807, 2.05) is 36.4 Å². The number of esters is 1. The van der Waals surface area contributed by atoms with Crippen molar-refractivity contribution >= 4 is 24.7 Å². The first-order valence-corrected chi connectivity index (χ1v) is 13.1. The summed E-state index contributed by atoms with van der Waals surface area (Å²) in [5.74, 6) is -0.383. The third kappa shape index (κ3) is 4.95. The molecule has 0 bridgehead atoms. The number of hydrogen-bond donors (Lipinski definition) is 1. The SMILES string of the molecule is C=C1[C@H](O)C/C(=C\C(=O)OCC)C[C@@H]1O[Si](c1ccccc1)(c1ccccc1)C(C)(C)C. The summed E-state index contributed by atoms with van der Waals surface area (Å²) in [6.45, 7) is 12.9. The summed E-state index contributed by atoms with van der Waals surface area (Å²) in [5, 5.41) is 12.9. The van der Waals surface area contributed by atoms with Gasteiger partial charge in [-0.15, -0.1) is 0 Å². The number of rotatable bonds is 6. The Balaban J connectivity index is 2.10.